The molecule has 124 valence electrons. The lowest BCUT2D eigenvalue weighted by Crippen LogP contribution is -2.26. The SMILES string of the molecule is Cc1cc(C(=O)NCCc2cccc(O)c2)c2c(C)nn(C)c2n1. The number of nitrogens with one attached hydrogen (secondary N) is 1. The monoisotopic (exact) mass is 324 g/mol. The molecular formula is C18H20N4O2. The molecule has 0 aliphatic carbocycles. The van der Waals surface area contributed by atoms with E-state index >= 15 is 0 Å². The lowest BCUT2D eigenvalue weighted by Gasteiger charge is -2.08. The van der Waals surface area contributed by atoms with Crippen molar-refractivity contribution >= 4 is 16.9 Å². The zero-order valence-corrected chi connectivity index (χ0v) is 14.0. The molecule has 0 fully saturated rings. The number of carbonyl (C=O) groups excluding carboxylic acids is 1. The molecule has 2 aromatic heterocycles. The van der Waals surface area contributed by atoms with Crippen LogP contribution in [-0.2, 0) is 13.5 Å². The summed E-state index contributed by atoms with van der Waals surface area (Å²) in [6.45, 7) is 4.23. The summed E-state index contributed by atoms with van der Waals surface area (Å²) in [5, 5.41) is 17.6. The second-order valence-corrected chi connectivity index (χ2v) is 5.89. The highest BCUT2D eigenvalue weighted by atomic mass is 16.3. The van der Waals surface area contributed by atoms with E-state index in [1.165, 1.54) is 0 Å². The van der Waals surface area contributed by atoms with E-state index in [0.717, 1.165) is 22.3 Å². The first kappa shape index (κ1) is 16.0. The largest absolute Gasteiger partial charge is 0.508 e. The number of aryl methyl sites for hydroxylation is 3. The lowest BCUT2D eigenvalue weighted by atomic mass is 10.1. The molecule has 24 heavy (non-hydrogen) atoms. The molecule has 0 spiro atoms. The summed E-state index contributed by atoms with van der Waals surface area (Å²) in [6, 6.07) is 8.84. The zero-order valence-electron chi connectivity index (χ0n) is 14.0. The van der Waals surface area contributed by atoms with Gasteiger partial charge in [0.2, 0.25) is 0 Å². The predicted molar refractivity (Wildman–Crippen MR) is 92.1 cm³/mol. The average Bonchev–Trinajstić information content (AvgIpc) is 2.81. The van der Waals surface area contributed by atoms with Crippen LogP contribution in [-0.4, -0.2) is 32.3 Å². The molecule has 1 amide bonds. The maximum atomic E-state index is 12.6. The number of phenolic OH excluding ortho intramolecular Hbond substituents is 1. The third-order valence-corrected chi connectivity index (χ3v) is 3.95. The Balaban J connectivity index is 1.79. The molecule has 6 nitrogen and oxygen atoms in total. The Kier molecular flexibility index (Phi) is 4.20. The fraction of sp³-hybridized carbons (Fsp3) is 0.278. The first-order valence-corrected chi connectivity index (χ1v) is 7.83. The maximum absolute atomic E-state index is 12.6. The number of fused-ring (bicyclic) bond motifs is 1. The summed E-state index contributed by atoms with van der Waals surface area (Å²) < 4.78 is 1.70. The van der Waals surface area contributed by atoms with Crippen LogP contribution in [0.25, 0.3) is 11.0 Å². The van der Waals surface area contributed by atoms with E-state index in [0.29, 0.717) is 24.2 Å². The number of carbonyl (C=O) groups is 1. The highest BCUT2D eigenvalue weighted by Gasteiger charge is 2.17. The number of amides is 1. The highest BCUT2D eigenvalue weighted by Crippen LogP contribution is 2.21. The molecule has 1 aromatic carbocycles. The molecule has 6 heteroatoms. The van der Waals surface area contributed by atoms with E-state index in [1.54, 1.807) is 28.9 Å². The number of hydrogen-bond donors (Lipinski definition) is 2. The van der Waals surface area contributed by atoms with Crippen molar-refractivity contribution in [2.24, 2.45) is 7.05 Å². The topological polar surface area (TPSA) is 80.0 Å². The van der Waals surface area contributed by atoms with Crippen molar-refractivity contribution in [3.8, 4) is 5.75 Å². The van der Waals surface area contributed by atoms with Gasteiger partial charge in [0.25, 0.3) is 5.91 Å². The summed E-state index contributed by atoms with van der Waals surface area (Å²) in [5.41, 5.74) is 3.86. The maximum Gasteiger partial charge on any atom is 0.252 e. The molecule has 3 aromatic rings. The van der Waals surface area contributed by atoms with Gasteiger partial charge in [-0.15, -0.1) is 0 Å². The smallest absolute Gasteiger partial charge is 0.252 e. The van der Waals surface area contributed by atoms with Gasteiger partial charge in [-0.05, 0) is 44.0 Å². The van der Waals surface area contributed by atoms with Gasteiger partial charge in [-0.1, -0.05) is 12.1 Å². The van der Waals surface area contributed by atoms with Crippen LogP contribution in [0, 0.1) is 13.8 Å². The number of benzene rings is 1. The minimum Gasteiger partial charge on any atom is -0.508 e. The highest BCUT2D eigenvalue weighted by molar-refractivity contribution is 6.06. The van der Waals surface area contributed by atoms with Crippen molar-refractivity contribution in [2.75, 3.05) is 6.54 Å². The van der Waals surface area contributed by atoms with Gasteiger partial charge in [0, 0.05) is 19.3 Å². The van der Waals surface area contributed by atoms with Crippen LogP contribution in [0.15, 0.2) is 30.3 Å². The number of rotatable bonds is 4. The van der Waals surface area contributed by atoms with Crippen LogP contribution in [0.3, 0.4) is 0 Å². The molecule has 0 atom stereocenters. The summed E-state index contributed by atoms with van der Waals surface area (Å²) in [7, 11) is 1.82. The van der Waals surface area contributed by atoms with Crippen molar-refractivity contribution in [1.29, 1.82) is 0 Å². The number of aromatic nitrogens is 3. The van der Waals surface area contributed by atoms with Crippen LogP contribution in [0.4, 0.5) is 0 Å². The minimum atomic E-state index is -0.137. The molecule has 0 aliphatic heterocycles. The van der Waals surface area contributed by atoms with Crippen molar-refractivity contribution in [2.45, 2.75) is 20.3 Å². The van der Waals surface area contributed by atoms with Crippen molar-refractivity contribution < 1.29 is 9.90 Å². The molecule has 0 aliphatic rings. The van der Waals surface area contributed by atoms with Gasteiger partial charge in [-0.2, -0.15) is 5.10 Å². The molecule has 2 N–H and O–H groups in total. The molecule has 0 bridgehead atoms. The third kappa shape index (κ3) is 3.08. The fourth-order valence-corrected chi connectivity index (χ4v) is 2.88. The van der Waals surface area contributed by atoms with Crippen LogP contribution in [0.2, 0.25) is 0 Å². The fourth-order valence-electron chi connectivity index (χ4n) is 2.88. The molecule has 0 radical (unpaired) electrons. The van der Waals surface area contributed by atoms with Crippen LogP contribution >= 0.6 is 0 Å². The van der Waals surface area contributed by atoms with Crippen molar-refractivity contribution in [3.05, 3.63) is 52.8 Å². The van der Waals surface area contributed by atoms with Gasteiger partial charge in [0.15, 0.2) is 5.65 Å². The van der Waals surface area contributed by atoms with Gasteiger partial charge >= 0.3 is 0 Å². The van der Waals surface area contributed by atoms with Gasteiger partial charge in [-0.3, -0.25) is 9.48 Å². The Morgan fingerprint density at radius 3 is 2.83 bits per heavy atom. The standard InChI is InChI=1S/C18H20N4O2/c1-11-9-15(16-12(2)21-22(3)17(16)20-11)18(24)19-8-7-13-5-4-6-14(23)10-13/h4-6,9-10,23H,7-8H2,1-3H3,(H,19,24). The minimum absolute atomic E-state index is 0.137. The lowest BCUT2D eigenvalue weighted by molar-refractivity contribution is 0.0955. The molecular weight excluding hydrogens is 304 g/mol. The van der Waals surface area contributed by atoms with Crippen LogP contribution in [0.5, 0.6) is 5.75 Å². The molecule has 0 saturated heterocycles. The van der Waals surface area contributed by atoms with E-state index in [-0.39, 0.29) is 11.7 Å². The predicted octanol–water partition coefficient (Wildman–Crippen LogP) is 2.26. The van der Waals surface area contributed by atoms with Crippen LogP contribution in [0.1, 0.15) is 27.3 Å². The summed E-state index contributed by atoms with van der Waals surface area (Å²) in [6.07, 6.45) is 0.652. The number of aromatic hydroxyl groups is 1. The number of pyridine rings is 1. The summed E-state index contributed by atoms with van der Waals surface area (Å²) >= 11 is 0. The number of phenols is 1. The van der Waals surface area contributed by atoms with Gasteiger partial charge in [-0.25, -0.2) is 4.98 Å². The van der Waals surface area contributed by atoms with E-state index in [9.17, 15) is 9.90 Å². The molecule has 2 heterocycles. The second kappa shape index (κ2) is 6.31. The van der Waals surface area contributed by atoms with Gasteiger partial charge in [0.1, 0.15) is 5.75 Å². The molecule has 0 saturated carbocycles. The quantitative estimate of drug-likeness (QED) is 0.771. The first-order chi connectivity index (χ1) is 11.5. The summed E-state index contributed by atoms with van der Waals surface area (Å²) in [4.78, 5) is 17.1. The van der Waals surface area contributed by atoms with E-state index < -0.39 is 0 Å². The zero-order chi connectivity index (χ0) is 17.3. The summed E-state index contributed by atoms with van der Waals surface area (Å²) in [5.74, 6) is 0.0954. The van der Waals surface area contributed by atoms with E-state index in [4.69, 9.17) is 0 Å². The first-order valence-electron chi connectivity index (χ1n) is 7.83. The van der Waals surface area contributed by atoms with Crippen LogP contribution < -0.4 is 5.32 Å². The van der Waals surface area contributed by atoms with Crippen molar-refractivity contribution in [3.63, 3.8) is 0 Å². The Labute approximate surface area is 140 Å². The normalized spacial score (nSPS) is 11.0. The number of hydrogen-bond acceptors (Lipinski definition) is 4. The Bertz CT molecular complexity index is 915. The van der Waals surface area contributed by atoms with E-state index in [1.807, 2.05) is 27.0 Å². The Morgan fingerprint density at radius 1 is 1.29 bits per heavy atom. The van der Waals surface area contributed by atoms with Gasteiger partial charge < -0.3 is 10.4 Å². The van der Waals surface area contributed by atoms with E-state index in [2.05, 4.69) is 15.4 Å². The van der Waals surface area contributed by atoms with Crippen molar-refractivity contribution in [1.82, 2.24) is 20.1 Å². The Hall–Kier alpha value is -2.89. The number of nitrogens with zero attached hydrogens (tertiary/aromatic N) is 3. The third-order valence-electron chi connectivity index (χ3n) is 3.95. The molecule has 3 rings (SSSR count). The second-order valence-electron chi connectivity index (χ2n) is 5.89. The average molecular weight is 324 g/mol. The Morgan fingerprint density at radius 2 is 2.08 bits per heavy atom. The molecule has 0 unspecified atom stereocenters. The van der Waals surface area contributed by atoms with Gasteiger partial charge in [0.05, 0.1) is 16.6 Å².